The van der Waals surface area contributed by atoms with E-state index in [0.29, 0.717) is 16.6 Å². The minimum absolute atomic E-state index is 0.110. The Kier molecular flexibility index (Phi) is 1.94. The lowest BCUT2D eigenvalue weighted by Gasteiger charge is -2.00. The molecular weight excluding hydrogens is 189 g/mol. The molecule has 0 unspecified atom stereocenters. The average molecular weight is 197 g/mol. The zero-order chi connectivity index (χ0) is 9.42. The van der Waals surface area contributed by atoms with Crippen molar-refractivity contribution in [3.8, 4) is 0 Å². The monoisotopic (exact) mass is 197 g/mol. The van der Waals surface area contributed by atoms with Gasteiger partial charge in [-0.2, -0.15) is 0 Å². The molecule has 0 spiro atoms. The predicted molar refractivity (Wildman–Crippen MR) is 52.1 cm³/mol. The summed E-state index contributed by atoms with van der Waals surface area (Å²) in [6.07, 6.45) is 0. The zero-order valence-electron chi connectivity index (χ0n) is 6.75. The molecule has 0 saturated carbocycles. The number of thiophene rings is 1. The second kappa shape index (κ2) is 2.97. The van der Waals surface area contributed by atoms with Crippen LogP contribution in [0.25, 0.3) is 10.1 Å². The number of rotatable bonds is 1. The van der Waals surface area contributed by atoms with Gasteiger partial charge in [0.15, 0.2) is 0 Å². The topological polar surface area (TPSA) is 46.2 Å². The van der Waals surface area contributed by atoms with E-state index in [1.165, 1.54) is 16.7 Å². The lowest BCUT2D eigenvalue weighted by atomic mass is 10.1. The molecule has 0 saturated heterocycles. The quantitative estimate of drug-likeness (QED) is 0.688. The van der Waals surface area contributed by atoms with Crippen LogP contribution >= 0.6 is 11.3 Å². The summed E-state index contributed by atoms with van der Waals surface area (Å²) < 4.78 is 13.9. The lowest BCUT2D eigenvalue weighted by Crippen LogP contribution is -1.89. The third-order valence-electron chi connectivity index (χ3n) is 1.90. The van der Waals surface area contributed by atoms with Crippen LogP contribution in [0.1, 0.15) is 5.56 Å². The zero-order valence-corrected chi connectivity index (χ0v) is 7.57. The smallest absolute Gasteiger partial charge is 0.141 e. The number of aliphatic hydroxyl groups is 1. The molecule has 68 valence electrons. The number of nitrogen functional groups attached to an aromatic ring is 1. The molecule has 1 aromatic heterocycles. The number of anilines is 1. The second-order valence-electron chi connectivity index (χ2n) is 2.80. The Labute approximate surface area is 78.4 Å². The van der Waals surface area contributed by atoms with Crippen LogP contribution < -0.4 is 5.73 Å². The molecule has 0 aliphatic rings. The summed E-state index contributed by atoms with van der Waals surface area (Å²) in [5.41, 5.74) is 6.72. The van der Waals surface area contributed by atoms with E-state index in [1.54, 1.807) is 12.1 Å². The van der Waals surface area contributed by atoms with Gasteiger partial charge in [-0.1, -0.05) is 0 Å². The fourth-order valence-corrected chi connectivity index (χ4v) is 2.23. The van der Waals surface area contributed by atoms with E-state index in [2.05, 4.69) is 0 Å². The van der Waals surface area contributed by atoms with Crippen molar-refractivity contribution in [2.75, 3.05) is 5.73 Å². The highest BCUT2D eigenvalue weighted by Gasteiger charge is 2.08. The first kappa shape index (κ1) is 8.47. The van der Waals surface area contributed by atoms with Crippen molar-refractivity contribution in [1.82, 2.24) is 0 Å². The second-order valence-corrected chi connectivity index (χ2v) is 3.68. The maximum atomic E-state index is 13.1. The molecule has 2 aromatic rings. The number of nitrogens with two attached hydrogens (primary N) is 1. The van der Waals surface area contributed by atoms with Gasteiger partial charge in [0.25, 0.3) is 0 Å². The fraction of sp³-hybridized carbons (Fsp3) is 0.111. The number of halogens is 1. The third-order valence-corrected chi connectivity index (χ3v) is 2.94. The van der Waals surface area contributed by atoms with Crippen molar-refractivity contribution < 1.29 is 9.50 Å². The van der Waals surface area contributed by atoms with Gasteiger partial charge in [-0.3, -0.25) is 0 Å². The molecule has 0 fully saturated rings. The van der Waals surface area contributed by atoms with Crippen molar-refractivity contribution in [3.05, 3.63) is 28.9 Å². The fourth-order valence-electron chi connectivity index (χ4n) is 1.32. The van der Waals surface area contributed by atoms with Crippen molar-refractivity contribution in [2.45, 2.75) is 6.61 Å². The minimum Gasteiger partial charge on any atom is -0.399 e. The minimum atomic E-state index is -0.276. The van der Waals surface area contributed by atoms with Crippen molar-refractivity contribution in [2.24, 2.45) is 0 Å². The Balaban J connectivity index is 2.84. The SMILES string of the molecule is Nc1cc(CO)c2scc(F)c2c1. The van der Waals surface area contributed by atoms with Gasteiger partial charge in [0.2, 0.25) is 0 Å². The van der Waals surface area contributed by atoms with Crippen LogP contribution in [0.2, 0.25) is 0 Å². The van der Waals surface area contributed by atoms with E-state index in [9.17, 15) is 4.39 Å². The van der Waals surface area contributed by atoms with Gasteiger partial charge in [0.1, 0.15) is 5.82 Å². The molecule has 13 heavy (non-hydrogen) atoms. The van der Waals surface area contributed by atoms with Gasteiger partial charge in [0.05, 0.1) is 6.61 Å². The van der Waals surface area contributed by atoms with E-state index in [0.717, 1.165) is 4.70 Å². The first-order valence-electron chi connectivity index (χ1n) is 3.78. The van der Waals surface area contributed by atoms with Crippen LogP contribution in [-0.2, 0) is 6.61 Å². The molecular formula is C9H8FNOS. The summed E-state index contributed by atoms with van der Waals surface area (Å²) >= 11 is 1.28. The molecule has 0 radical (unpaired) electrons. The van der Waals surface area contributed by atoms with Gasteiger partial charge in [-0.05, 0) is 17.7 Å². The molecule has 0 aliphatic carbocycles. The van der Waals surface area contributed by atoms with E-state index < -0.39 is 0 Å². The molecule has 1 aromatic carbocycles. The highest BCUT2D eigenvalue weighted by atomic mass is 32.1. The Morgan fingerprint density at radius 1 is 1.46 bits per heavy atom. The summed E-state index contributed by atoms with van der Waals surface area (Å²) in [4.78, 5) is 0. The highest BCUT2D eigenvalue weighted by Crippen LogP contribution is 2.30. The molecule has 2 nitrogen and oxygen atoms in total. The average Bonchev–Trinajstić information content (AvgIpc) is 2.47. The summed E-state index contributed by atoms with van der Waals surface area (Å²) in [5.74, 6) is -0.276. The molecule has 4 heteroatoms. The summed E-state index contributed by atoms with van der Waals surface area (Å²) in [6, 6.07) is 3.25. The Morgan fingerprint density at radius 2 is 2.23 bits per heavy atom. The van der Waals surface area contributed by atoms with Crippen LogP contribution in [0, 0.1) is 5.82 Å². The number of aliphatic hydroxyl groups excluding tert-OH is 1. The molecule has 3 N–H and O–H groups in total. The van der Waals surface area contributed by atoms with Gasteiger partial charge in [-0.25, -0.2) is 4.39 Å². The lowest BCUT2D eigenvalue weighted by molar-refractivity contribution is 0.283. The summed E-state index contributed by atoms with van der Waals surface area (Å²) in [7, 11) is 0. The Hall–Kier alpha value is -1.13. The van der Waals surface area contributed by atoms with E-state index in [4.69, 9.17) is 10.8 Å². The van der Waals surface area contributed by atoms with E-state index in [1.807, 2.05) is 0 Å². The van der Waals surface area contributed by atoms with Crippen LogP contribution in [0.15, 0.2) is 17.5 Å². The molecule has 0 amide bonds. The largest absolute Gasteiger partial charge is 0.399 e. The van der Waals surface area contributed by atoms with E-state index >= 15 is 0 Å². The first-order chi connectivity index (χ1) is 6.22. The normalized spacial score (nSPS) is 10.9. The number of benzene rings is 1. The van der Waals surface area contributed by atoms with Gasteiger partial charge in [0, 0.05) is 21.2 Å². The molecule has 1 heterocycles. The first-order valence-corrected chi connectivity index (χ1v) is 4.66. The summed E-state index contributed by atoms with van der Waals surface area (Å²) in [6.45, 7) is -0.110. The van der Waals surface area contributed by atoms with Crippen LogP contribution in [0.3, 0.4) is 0 Å². The number of hydrogen-bond acceptors (Lipinski definition) is 3. The van der Waals surface area contributed by atoms with Crippen LogP contribution in [-0.4, -0.2) is 5.11 Å². The third kappa shape index (κ3) is 1.28. The molecule has 0 aliphatic heterocycles. The molecule has 0 atom stereocenters. The Bertz CT molecular complexity index is 452. The predicted octanol–water partition coefficient (Wildman–Crippen LogP) is 2.11. The molecule has 0 bridgehead atoms. The van der Waals surface area contributed by atoms with Crippen molar-refractivity contribution in [3.63, 3.8) is 0 Å². The standard InChI is InChI=1S/C9H8FNOS/c10-8-4-13-9-5(3-12)1-6(11)2-7(8)9/h1-2,4,12H,3,11H2. The van der Waals surface area contributed by atoms with Crippen molar-refractivity contribution in [1.29, 1.82) is 0 Å². The van der Waals surface area contributed by atoms with E-state index in [-0.39, 0.29) is 12.4 Å². The van der Waals surface area contributed by atoms with Crippen LogP contribution in [0.4, 0.5) is 10.1 Å². The molecule has 2 rings (SSSR count). The van der Waals surface area contributed by atoms with Gasteiger partial charge >= 0.3 is 0 Å². The Morgan fingerprint density at radius 3 is 2.92 bits per heavy atom. The number of hydrogen-bond donors (Lipinski definition) is 2. The number of fused-ring (bicyclic) bond motifs is 1. The van der Waals surface area contributed by atoms with Crippen molar-refractivity contribution >= 4 is 27.1 Å². The van der Waals surface area contributed by atoms with Gasteiger partial charge < -0.3 is 10.8 Å². The highest BCUT2D eigenvalue weighted by molar-refractivity contribution is 7.17. The van der Waals surface area contributed by atoms with Crippen LogP contribution in [0.5, 0.6) is 0 Å². The maximum absolute atomic E-state index is 13.1. The summed E-state index contributed by atoms with van der Waals surface area (Å²) in [5, 5.41) is 10.9. The maximum Gasteiger partial charge on any atom is 0.141 e. The van der Waals surface area contributed by atoms with Gasteiger partial charge in [-0.15, -0.1) is 11.3 Å².